The Kier molecular flexibility index (Phi) is 4.28. The Morgan fingerprint density at radius 2 is 1.87 bits per heavy atom. The number of carbonyl (C=O) groups is 2. The monoisotopic (exact) mass is 312 g/mol. The summed E-state index contributed by atoms with van der Waals surface area (Å²) in [6, 6.07) is 14.1. The van der Waals surface area contributed by atoms with Crippen LogP contribution in [0.1, 0.15) is 22.8 Å². The molecule has 0 amide bonds. The van der Waals surface area contributed by atoms with Gasteiger partial charge in [0.05, 0.1) is 0 Å². The highest BCUT2D eigenvalue weighted by molar-refractivity contribution is 6.09. The summed E-state index contributed by atoms with van der Waals surface area (Å²) in [7, 11) is 0. The molecule has 1 unspecified atom stereocenters. The second-order valence-corrected chi connectivity index (χ2v) is 5.21. The molecule has 5 nitrogen and oxygen atoms in total. The van der Waals surface area contributed by atoms with Gasteiger partial charge >= 0.3 is 5.97 Å². The largest absolute Gasteiger partial charge is 0.486 e. The summed E-state index contributed by atoms with van der Waals surface area (Å²) >= 11 is 0. The fourth-order valence-electron chi connectivity index (χ4n) is 2.31. The van der Waals surface area contributed by atoms with E-state index in [1.807, 2.05) is 18.2 Å². The molecule has 0 fully saturated rings. The summed E-state index contributed by atoms with van der Waals surface area (Å²) in [5, 5.41) is 0. The van der Waals surface area contributed by atoms with E-state index in [9.17, 15) is 9.59 Å². The van der Waals surface area contributed by atoms with Crippen molar-refractivity contribution in [3.8, 4) is 11.5 Å². The van der Waals surface area contributed by atoms with Gasteiger partial charge in [-0.15, -0.1) is 0 Å². The summed E-state index contributed by atoms with van der Waals surface area (Å²) in [6.07, 6.45) is -0.381. The van der Waals surface area contributed by atoms with Crippen LogP contribution in [-0.2, 0) is 9.53 Å². The zero-order valence-corrected chi connectivity index (χ0v) is 12.7. The molecule has 0 bridgehead atoms. The second-order valence-electron chi connectivity index (χ2n) is 5.21. The lowest BCUT2D eigenvalue weighted by Crippen LogP contribution is -2.34. The van der Waals surface area contributed by atoms with Crippen molar-refractivity contribution in [1.29, 1.82) is 0 Å². The highest BCUT2D eigenvalue weighted by Crippen LogP contribution is 2.33. The maximum atomic E-state index is 12.5. The van der Waals surface area contributed by atoms with Crippen LogP contribution in [0, 0.1) is 0 Å². The Morgan fingerprint density at radius 1 is 1.09 bits per heavy atom. The van der Waals surface area contributed by atoms with Crippen molar-refractivity contribution in [2.45, 2.75) is 13.0 Å². The van der Waals surface area contributed by atoms with Gasteiger partial charge in [-0.05, 0) is 18.2 Å². The van der Waals surface area contributed by atoms with Crippen molar-refractivity contribution < 1.29 is 23.8 Å². The van der Waals surface area contributed by atoms with E-state index in [4.69, 9.17) is 14.2 Å². The first-order valence-corrected chi connectivity index (χ1v) is 7.30. The molecule has 23 heavy (non-hydrogen) atoms. The van der Waals surface area contributed by atoms with Gasteiger partial charge in [-0.2, -0.15) is 0 Å². The highest BCUT2D eigenvalue weighted by atomic mass is 16.6. The van der Waals surface area contributed by atoms with Crippen molar-refractivity contribution in [2.75, 3.05) is 13.2 Å². The van der Waals surface area contributed by atoms with Gasteiger partial charge in [-0.25, -0.2) is 0 Å². The number of ether oxygens (including phenoxy) is 3. The first-order valence-electron chi connectivity index (χ1n) is 7.30. The zero-order chi connectivity index (χ0) is 16.2. The van der Waals surface area contributed by atoms with E-state index in [0.717, 1.165) is 0 Å². The minimum absolute atomic E-state index is 0.0842. The van der Waals surface area contributed by atoms with Crippen LogP contribution in [0.15, 0.2) is 48.5 Å². The first kappa shape index (κ1) is 15.1. The molecule has 2 aromatic carbocycles. The van der Waals surface area contributed by atoms with Crippen LogP contribution in [0.4, 0.5) is 0 Å². The van der Waals surface area contributed by atoms with E-state index in [2.05, 4.69) is 0 Å². The molecule has 0 saturated heterocycles. The molecule has 0 aliphatic carbocycles. The van der Waals surface area contributed by atoms with Gasteiger partial charge in [0.25, 0.3) is 0 Å². The molecule has 1 atom stereocenters. The number of hydrogen-bond acceptors (Lipinski definition) is 5. The van der Waals surface area contributed by atoms with Gasteiger partial charge in [0.1, 0.15) is 13.2 Å². The number of rotatable bonds is 4. The van der Waals surface area contributed by atoms with E-state index >= 15 is 0 Å². The van der Waals surface area contributed by atoms with Gasteiger partial charge in [0.15, 0.2) is 23.4 Å². The highest BCUT2D eigenvalue weighted by Gasteiger charge is 2.23. The van der Waals surface area contributed by atoms with Crippen LogP contribution in [0.25, 0.3) is 0 Å². The summed E-state index contributed by atoms with van der Waals surface area (Å²) in [6.45, 7) is 1.76. The average Bonchev–Trinajstić information content (AvgIpc) is 2.59. The smallest absolute Gasteiger partial charge is 0.302 e. The molecule has 118 valence electrons. The first-order chi connectivity index (χ1) is 11.1. The molecular formula is C18H16O5. The fourth-order valence-corrected chi connectivity index (χ4v) is 2.31. The molecule has 0 spiro atoms. The number of hydrogen-bond donors (Lipinski definition) is 0. The van der Waals surface area contributed by atoms with Crippen molar-refractivity contribution >= 4 is 11.8 Å². The lowest BCUT2D eigenvalue weighted by Gasteiger charge is -2.26. The van der Waals surface area contributed by atoms with Gasteiger partial charge in [-0.3, -0.25) is 9.59 Å². The standard InChI is InChI=1S/C18H16O5/c1-12(19)21-10-15-11-22-16-8-7-14(9-17(16)23-15)18(20)13-5-3-2-4-6-13/h2-9,15H,10-11H2,1H3. The van der Waals surface area contributed by atoms with Crippen molar-refractivity contribution in [3.63, 3.8) is 0 Å². The maximum Gasteiger partial charge on any atom is 0.302 e. The quantitative estimate of drug-likeness (QED) is 0.641. The van der Waals surface area contributed by atoms with Gasteiger partial charge in [0, 0.05) is 18.1 Å². The normalized spacial score (nSPS) is 15.8. The van der Waals surface area contributed by atoms with Crippen LogP contribution >= 0.6 is 0 Å². The van der Waals surface area contributed by atoms with E-state index in [0.29, 0.717) is 29.2 Å². The SMILES string of the molecule is CC(=O)OCC1COc2ccc(C(=O)c3ccccc3)cc2O1. The maximum absolute atomic E-state index is 12.5. The van der Waals surface area contributed by atoms with Gasteiger partial charge < -0.3 is 14.2 Å². The molecule has 1 aliphatic rings. The third-order valence-corrected chi connectivity index (χ3v) is 3.43. The predicted molar refractivity (Wildman–Crippen MR) is 82.9 cm³/mol. The molecule has 5 heteroatoms. The van der Waals surface area contributed by atoms with Crippen molar-refractivity contribution in [2.24, 2.45) is 0 Å². The molecular weight excluding hydrogens is 296 g/mol. The topological polar surface area (TPSA) is 61.8 Å². The Labute approximate surface area is 133 Å². The lowest BCUT2D eigenvalue weighted by molar-refractivity contribution is -0.144. The van der Waals surface area contributed by atoms with E-state index in [1.165, 1.54) is 6.92 Å². The minimum atomic E-state index is -0.381. The van der Waals surface area contributed by atoms with Gasteiger partial charge in [-0.1, -0.05) is 30.3 Å². The summed E-state index contributed by atoms with van der Waals surface area (Å²) in [5.41, 5.74) is 1.13. The Morgan fingerprint density at radius 3 is 2.61 bits per heavy atom. The van der Waals surface area contributed by atoms with Crippen molar-refractivity contribution in [1.82, 2.24) is 0 Å². The van der Waals surface area contributed by atoms with E-state index < -0.39 is 0 Å². The molecule has 0 radical (unpaired) electrons. The van der Waals surface area contributed by atoms with Crippen molar-refractivity contribution in [3.05, 3.63) is 59.7 Å². The van der Waals surface area contributed by atoms with Crippen LogP contribution in [0.5, 0.6) is 11.5 Å². The lowest BCUT2D eigenvalue weighted by atomic mass is 10.0. The predicted octanol–water partition coefficient (Wildman–Crippen LogP) is 2.62. The molecule has 0 N–H and O–H groups in total. The Balaban J connectivity index is 1.78. The third-order valence-electron chi connectivity index (χ3n) is 3.43. The number of fused-ring (bicyclic) bond motifs is 1. The van der Waals surface area contributed by atoms with E-state index in [1.54, 1.807) is 30.3 Å². The number of ketones is 1. The summed E-state index contributed by atoms with van der Waals surface area (Å²) < 4.78 is 16.3. The molecule has 0 aromatic heterocycles. The minimum Gasteiger partial charge on any atom is -0.486 e. The second kappa shape index (κ2) is 6.52. The Hall–Kier alpha value is -2.82. The van der Waals surface area contributed by atoms with Crippen LogP contribution in [-0.4, -0.2) is 31.1 Å². The Bertz CT molecular complexity index is 723. The summed E-state index contributed by atoms with van der Waals surface area (Å²) in [4.78, 5) is 23.3. The summed E-state index contributed by atoms with van der Waals surface area (Å²) in [5.74, 6) is 0.607. The molecule has 1 heterocycles. The number of esters is 1. The fraction of sp³-hybridized carbons (Fsp3) is 0.222. The molecule has 1 aliphatic heterocycles. The molecule has 3 rings (SSSR count). The van der Waals surface area contributed by atoms with Gasteiger partial charge in [0.2, 0.25) is 0 Å². The average molecular weight is 312 g/mol. The number of benzene rings is 2. The van der Waals surface area contributed by atoms with Crippen LogP contribution in [0.3, 0.4) is 0 Å². The van der Waals surface area contributed by atoms with Crippen LogP contribution < -0.4 is 9.47 Å². The molecule has 2 aromatic rings. The van der Waals surface area contributed by atoms with E-state index in [-0.39, 0.29) is 24.5 Å². The third kappa shape index (κ3) is 3.51. The zero-order valence-electron chi connectivity index (χ0n) is 12.7. The van der Waals surface area contributed by atoms with Crippen LogP contribution in [0.2, 0.25) is 0 Å². The number of carbonyl (C=O) groups excluding carboxylic acids is 2. The molecule has 0 saturated carbocycles.